The number of benzene rings is 2. The van der Waals surface area contributed by atoms with Gasteiger partial charge in [-0.2, -0.15) is 0 Å². The third-order valence-corrected chi connectivity index (χ3v) is 6.02. The Hall–Kier alpha value is -2.48. The average molecular weight is 462 g/mol. The number of hydrogen-bond donors (Lipinski definition) is 0. The van der Waals surface area contributed by atoms with Crippen molar-refractivity contribution in [2.24, 2.45) is 0 Å². The van der Waals surface area contributed by atoms with E-state index in [2.05, 4.69) is 6.58 Å². The van der Waals surface area contributed by atoms with E-state index < -0.39 is 0 Å². The van der Waals surface area contributed by atoms with E-state index >= 15 is 0 Å². The summed E-state index contributed by atoms with van der Waals surface area (Å²) < 4.78 is 16.5. The smallest absolute Gasteiger partial charge is 0.270 e. The van der Waals surface area contributed by atoms with Gasteiger partial charge in [0, 0.05) is 5.56 Å². The second-order valence-corrected chi connectivity index (χ2v) is 8.33. The lowest BCUT2D eigenvalue weighted by atomic mass is 10.0. The number of allylic oxidation sites excluding steroid dienone is 1. The molecule has 0 saturated carbocycles. The maximum Gasteiger partial charge on any atom is 0.270 e. The van der Waals surface area contributed by atoms with Gasteiger partial charge in [0.25, 0.3) is 5.91 Å². The number of nitrogens with zero attached hydrogens (tertiary/aromatic N) is 1. The SMILES string of the molecule is C=CCc1cc(/C=C2\SC(=S)N(c3ccc(OC)c(Cl)c3)C2=O)cc(OC)c1OC. The van der Waals surface area contributed by atoms with Crippen molar-refractivity contribution in [2.75, 3.05) is 26.2 Å². The predicted octanol–water partition coefficient (Wildman–Crippen LogP) is 5.50. The number of anilines is 1. The third-order valence-electron chi connectivity index (χ3n) is 4.43. The zero-order valence-corrected chi connectivity index (χ0v) is 19.1. The summed E-state index contributed by atoms with van der Waals surface area (Å²) in [6, 6.07) is 8.88. The number of halogens is 1. The summed E-state index contributed by atoms with van der Waals surface area (Å²) >= 11 is 12.9. The second kappa shape index (κ2) is 9.55. The molecule has 1 saturated heterocycles. The van der Waals surface area contributed by atoms with Gasteiger partial charge in [-0.25, -0.2) is 0 Å². The largest absolute Gasteiger partial charge is 0.495 e. The second-order valence-electron chi connectivity index (χ2n) is 6.24. The van der Waals surface area contributed by atoms with Crippen LogP contribution in [0.1, 0.15) is 11.1 Å². The summed E-state index contributed by atoms with van der Waals surface area (Å²) in [7, 11) is 4.70. The molecule has 0 spiro atoms. The lowest BCUT2D eigenvalue weighted by molar-refractivity contribution is -0.113. The van der Waals surface area contributed by atoms with Crippen molar-refractivity contribution < 1.29 is 19.0 Å². The molecule has 30 heavy (non-hydrogen) atoms. The normalized spacial score (nSPS) is 14.9. The zero-order valence-electron chi connectivity index (χ0n) is 16.7. The van der Waals surface area contributed by atoms with E-state index in [1.807, 2.05) is 12.1 Å². The van der Waals surface area contributed by atoms with Gasteiger partial charge in [0.1, 0.15) is 5.75 Å². The summed E-state index contributed by atoms with van der Waals surface area (Å²) in [6.45, 7) is 3.79. The molecule has 5 nitrogen and oxygen atoms in total. The average Bonchev–Trinajstić information content (AvgIpc) is 3.00. The maximum atomic E-state index is 13.1. The van der Waals surface area contributed by atoms with E-state index in [0.29, 0.717) is 43.6 Å². The number of thioether (sulfide) groups is 1. The molecule has 0 bridgehead atoms. The van der Waals surface area contributed by atoms with Gasteiger partial charge in [-0.1, -0.05) is 41.7 Å². The van der Waals surface area contributed by atoms with Crippen LogP contribution in [0.3, 0.4) is 0 Å². The van der Waals surface area contributed by atoms with Crippen molar-refractivity contribution in [2.45, 2.75) is 6.42 Å². The Morgan fingerprint density at radius 1 is 1.13 bits per heavy atom. The number of carbonyl (C=O) groups is 1. The molecule has 1 amide bonds. The summed E-state index contributed by atoms with van der Waals surface area (Å²) in [5.41, 5.74) is 2.31. The Bertz CT molecular complexity index is 1050. The standard InChI is InChI=1S/C22H20ClNO4S2/c1-5-6-14-9-13(10-18(27-3)20(14)28-4)11-19-21(25)24(22(29)30-19)15-7-8-17(26-2)16(23)12-15/h5,7-12H,1,6H2,2-4H3/b19-11-. The molecule has 1 heterocycles. The van der Waals surface area contributed by atoms with Crippen LogP contribution in [0, 0.1) is 0 Å². The monoisotopic (exact) mass is 461 g/mol. The molecule has 3 rings (SSSR count). The highest BCUT2D eigenvalue weighted by atomic mass is 35.5. The first-order valence-electron chi connectivity index (χ1n) is 8.90. The zero-order chi connectivity index (χ0) is 21.8. The molecule has 156 valence electrons. The summed E-state index contributed by atoms with van der Waals surface area (Å²) in [5.74, 6) is 1.54. The van der Waals surface area contributed by atoms with Crippen LogP contribution in [0.5, 0.6) is 17.2 Å². The lowest BCUT2D eigenvalue weighted by Gasteiger charge is -2.16. The van der Waals surface area contributed by atoms with Gasteiger partial charge in [0.2, 0.25) is 0 Å². The van der Waals surface area contributed by atoms with Crippen molar-refractivity contribution in [3.05, 3.63) is 64.0 Å². The fourth-order valence-corrected chi connectivity index (χ4v) is 4.64. The first kappa shape index (κ1) is 22.2. The van der Waals surface area contributed by atoms with Gasteiger partial charge >= 0.3 is 0 Å². The number of carbonyl (C=O) groups excluding carboxylic acids is 1. The highest BCUT2D eigenvalue weighted by Gasteiger charge is 2.33. The van der Waals surface area contributed by atoms with Crippen molar-refractivity contribution in [3.63, 3.8) is 0 Å². The molecule has 1 aliphatic heterocycles. The fourth-order valence-electron chi connectivity index (χ4n) is 3.09. The van der Waals surface area contributed by atoms with Crippen molar-refractivity contribution >= 4 is 57.6 Å². The lowest BCUT2D eigenvalue weighted by Crippen LogP contribution is -2.27. The van der Waals surface area contributed by atoms with E-state index in [4.69, 9.17) is 38.0 Å². The van der Waals surface area contributed by atoms with E-state index in [0.717, 1.165) is 11.1 Å². The van der Waals surface area contributed by atoms with Crippen molar-refractivity contribution in [1.82, 2.24) is 0 Å². The van der Waals surface area contributed by atoms with Gasteiger partial charge < -0.3 is 14.2 Å². The van der Waals surface area contributed by atoms with Gasteiger partial charge in [-0.15, -0.1) is 6.58 Å². The first-order chi connectivity index (χ1) is 14.4. The number of rotatable bonds is 7. The number of methoxy groups -OCH3 is 3. The van der Waals surface area contributed by atoms with E-state index in [1.54, 1.807) is 44.6 Å². The van der Waals surface area contributed by atoms with Crippen LogP contribution < -0.4 is 19.1 Å². The molecule has 8 heteroatoms. The molecular weight excluding hydrogens is 442 g/mol. The molecule has 2 aromatic carbocycles. The number of amides is 1. The molecular formula is C22H20ClNO4S2. The minimum absolute atomic E-state index is 0.216. The Balaban J connectivity index is 1.98. The molecule has 1 aliphatic rings. The van der Waals surface area contributed by atoms with E-state index in [-0.39, 0.29) is 5.91 Å². The highest BCUT2D eigenvalue weighted by molar-refractivity contribution is 8.27. The number of thiocarbonyl (C=S) groups is 1. The Morgan fingerprint density at radius 2 is 1.87 bits per heavy atom. The van der Waals surface area contributed by atoms with E-state index in [1.165, 1.54) is 23.8 Å². The summed E-state index contributed by atoms with van der Waals surface area (Å²) in [5, 5.41) is 0.405. The molecule has 0 atom stereocenters. The van der Waals surface area contributed by atoms with Crippen LogP contribution in [0.25, 0.3) is 6.08 Å². The van der Waals surface area contributed by atoms with Crippen molar-refractivity contribution in [1.29, 1.82) is 0 Å². The predicted molar refractivity (Wildman–Crippen MR) is 127 cm³/mol. The van der Waals surface area contributed by atoms with Crippen LogP contribution in [0.4, 0.5) is 5.69 Å². The van der Waals surface area contributed by atoms with E-state index in [9.17, 15) is 4.79 Å². The first-order valence-corrected chi connectivity index (χ1v) is 10.5. The van der Waals surface area contributed by atoms with Crippen molar-refractivity contribution in [3.8, 4) is 17.2 Å². The number of ether oxygens (including phenoxy) is 3. The Labute approximate surface area is 190 Å². The molecule has 2 aromatic rings. The Kier molecular flexibility index (Phi) is 7.07. The third kappa shape index (κ3) is 4.33. The van der Waals surface area contributed by atoms with Crippen LogP contribution in [0.2, 0.25) is 5.02 Å². The quantitative estimate of drug-likeness (QED) is 0.308. The molecule has 0 radical (unpaired) electrons. The minimum Gasteiger partial charge on any atom is -0.495 e. The number of hydrogen-bond acceptors (Lipinski definition) is 6. The minimum atomic E-state index is -0.216. The fraction of sp³-hybridized carbons (Fsp3) is 0.182. The summed E-state index contributed by atoms with van der Waals surface area (Å²) in [6.07, 6.45) is 4.18. The van der Waals surface area contributed by atoms with Gasteiger partial charge in [-0.3, -0.25) is 9.69 Å². The maximum absolute atomic E-state index is 13.1. The highest BCUT2D eigenvalue weighted by Crippen LogP contribution is 2.40. The molecule has 0 aromatic heterocycles. The van der Waals surface area contributed by atoms with Gasteiger partial charge in [0.05, 0.1) is 36.9 Å². The Morgan fingerprint density at radius 3 is 2.47 bits per heavy atom. The molecule has 0 aliphatic carbocycles. The molecule has 0 unspecified atom stereocenters. The van der Waals surface area contributed by atoms with Gasteiger partial charge in [-0.05, 0) is 48.4 Å². The van der Waals surface area contributed by atoms with Crippen LogP contribution in [-0.2, 0) is 11.2 Å². The molecule has 1 fully saturated rings. The van der Waals surface area contributed by atoms with Crippen LogP contribution in [0.15, 0.2) is 47.9 Å². The van der Waals surface area contributed by atoms with Crippen LogP contribution in [-0.4, -0.2) is 31.6 Å². The summed E-state index contributed by atoms with van der Waals surface area (Å²) in [4.78, 5) is 15.0. The topological polar surface area (TPSA) is 48.0 Å². The van der Waals surface area contributed by atoms with Crippen LogP contribution >= 0.6 is 35.6 Å². The molecule has 0 N–H and O–H groups in total. The van der Waals surface area contributed by atoms with Gasteiger partial charge in [0.15, 0.2) is 15.8 Å².